The van der Waals surface area contributed by atoms with E-state index in [9.17, 15) is 36.5 Å². The molecular weight excluding hydrogens is 560 g/mol. The van der Waals surface area contributed by atoms with Crippen LogP contribution in [-0.4, -0.2) is 62.6 Å². The normalized spacial score (nSPS) is 14.2. The third-order valence-corrected chi connectivity index (χ3v) is 10.5. The molecule has 0 radical (unpaired) electrons. The van der Waals surface area contributed by atoms with Gasteiger partial charge in [0.25, 0.3) is 11.6 Å². The Balaban J connectivity index is 1.33. The van der Waals surface area contributed by atoms with Crippen LogP contribution in [0.2, 0.25) is 0 Å². The molecule has 1 aliphatic rings. The lowest BCUT2D eigenvalue weighted by Crippen LogP contribution is -2.27. The number of hydrogen-bond donors (Lipinski definition) is 1. The average molecular weight is 581 g/mol. The number of aromatic nitrogens is 1. The highest BCUT2D eigenvalue weighted by molar-refractivity contribution is 7.93. The van der Waals surface area contributed by atoms with Crippen LogP contribution in [0.5, 0.6) is 0 Å². The Morgan fingerprint density at radius 1 is 1.00 bits per heavy atom. The molecule has 0 saturated carbocycles. The van der Waals surface area contributed by atoms with Gasteiger partial charge >= 0.3 is 5.97 Å². The monoisotopic (exact) mass is 580 g/mol. The number of rotatable bonds is 9. The van der Waals surface area contributed by atoms with Gasteiger partial charge < -0.3 is 4.74 Å². The van der Waals surface area contributed by atoms with Crippen LogP contribution in [-0.2, 0) is 29.4 Å². The maximum Gasteiger partial charge on any atom is 0.338 e. The number of anilines is 1. The van der Waals surface area contributed by atoms with E-state index in [1.807, 2.05) is 0 Å². The van der Waals surface area contributed by atoms with Crippen LogP contribution in [0.4, 0.5) is 10.8 Å². The Morgan fingerprint density at radius 3 is 2.21 bits per heavy atom. The molecule has 1 aliphatic heterocycles. The van der Waals surface area contributed by atoms with Crippen molar-refractivity contribution in [1.29, 1.82) is 0 Å². The van der Waals surface area contributed by atoms with Gasteiger partial charge in [-0.15, -0.1) is 0 Å². The maximum atomic E-state index is 12.7. The number of nitro benzene ring substituents is 1. The molecule has 1 aromatic heterocycles. The Morgan fingerprint density at radius 2 is 1.61 bits per heavy atom. The molecule has 13 nitrogen and oxygen atoms in total. The summed E-state index contributed by atoms with van der Waals surface area (Å²) in [6.45, 7) is 0.201. The highest BCUT2D eigenvalue weighted by Crippen LogP contribution is 2.29. The summed E-state index contributed by atoms with van der Waals surface area (Å²) in [4.78, 5) is 38.3. The van der Waals surface area contributed by atoms with E-state index in [0.717, 1.165) is 43.3 Å². The van der Waals surface area contributed by atoms with Gasteiger partial charge in [0.2, 0.25) is 19.9 Å². The highest BCUT2D eigenvalue weighted by atomic mass is 32.2. The molecule has 3 aromatic rings. The summed E-state index contributed by atoms with van der Waals surface area (Å²) in [7, 11) is -7.66. The molecule has 1 saturated heterocycles. The number of carbonyl (C=O) groups is 2. The number of benzene rings is 2. The number of hydrogen-bond acceptors (Lipinski definition) is 11. The zero-order valence-electron chi connectivity index (χ0n) is 19.5. The topological polar surface area (TPSA) is 183 Å². The summed E-state index contributed by atoms with van der Waals surface area (Å²) in [6.07, 6.45) is 2.62. The summed E-state index contributed by atoms with van der Waals surface area (Å²) in [6, 6.07) is 9.49. The molecule has 0 bridgehead atoms. The first-order chi connectivity index (χ1) is 18.0. The summed E-state index contributed by atoms with van der Waals surface area (Å²) >= 11 is 0.652. The number of esters is 1. The Labute approximate surface area is 221 Å². The van der Waals surface area contributed by atoms with Crippen molar-refractivity contribution in [2.24, 2.45) is 0 Å². The summed E-state index contributed by atoms with van der Waals surface area (Å²) in [5.41, 5.74) is -0.220. The van der Waals surface area contributed by atoms with E-state index >= 15 is 0 Å². The molecule has 1 fully saturated rings. The largest absolute Gasteiger partial charge is 0.452 e. The van der Waals surface area contributed by atoms with Crippen LogP contribution < -0.4 is 5.32 Å². The average Bonchev–Trinajstić information content (AvgIpc) is 3.61. The smallest absolute Gasteiger partial charge is 0.338 e. The van der Waals surface area contributed by atoms with Crippen LogP contribution in [0, 0.1) is 10.1 Å². The minimum atomic E-state index is -4.03. The van der Waals surface area contributed by atoms with Gasteiger partial charge in [0.1, 0.15) is 4.21 Å². The molecule has 0 unspecified atom stereocenters. The van der Waals surface area contributed by atoms with Gasteiger partial charge in [0.05, 0.1) is 26.5 Å². The zero-order chi connectivity index (χ0) is 27.5. The molecular formula is C22H20N4O9S3. The van der Waals surface area contributed by atoms with Crippen molar-refractivity contribution in [3.05, 3.63) is 70.4 Å². The van der Waals surface area contributed by atoms with E-state index in [0.29, 0.717) is 24.4 Å². The van der Waals surface area contributed by atoms with E-state index in [4.69, 9.17) is 4.74 Å². The summed E-state index contributed by atoms with van der Waals surface area (Å²) in [5, 5.41) is 13.0. The van der Waals surface area contributed by atoms with Crippen molar-refractivity contribution < 1.29 is 36.1 Å². The molecule has 38 heavy (non-hydrogen) atoms. The third kappa shape index (κ3) is 5.88. The van der Waals surface area contributed by atoms with E-state index < -0.39 is 43.3 Å². The molecule has 2 aromatic carbocycles. The third-order valence-electron chi connectivity index (χ3n) is 5.48. The number of non-ortho nitro benzene ring substituents is 1. The van der Waals surface area contributed by atoms with Gasteiger partial charge in [-0.25, -0.2) is 26.6 Å². The first-order valence-corrected chi connectivity index (χ1v) is 14.7. The number of sulfonamides is 1. The minimum absolute atomic E-state index is 0.0453. The van der Waals surface area contributed by atoms with E-state index in [1.165, 1.54) is 28.6 Å². The first kappa shape index (κ1) is 27.3. The molecule has 0 aliphatic carbocycles. The number of nitrogens with one attached hydrogen (secondary N) is 1. The lowest BCUT2D eigenvalue weighted by atomic mass is 10.2. The van der Waals surface area contributed by atoms with Crippen LogP contribution in [0.3, 0.4) is 0 Å². The quantitative estimate of drug-likeness (QED) is 0.224. The van der Waals surface area contributed by atoms with Crippen molar-refractivity contribution in [3.8, 4) is 0 Å². The van der Waals surface area contributed by atoms with Crippen LogP contribution in [0.15, 0.2) is 68.7 Å². The number of nitro groups is 1. The number of thiazole rings is 1. The molecule has 2 heterocycles. The van der Waals surface area contributed by atoms with Crippen LogP contribution in [0.25, 0.3) is 0 Å². The minimum Gasteiger partial charge on any atom is -0.452 e. The van der Waals surface area contributed by atoms with Crippen molar-refractivity contribution >= 4 is 53.9 Å². The van der Waals surface area contributed by atoms with E-state index in [1.54, 1.807) is 0 Å². The molecule has 1 amide bonds. The van der Waals surface area contributed by atoms with Crippen molar-refractivity contribution in [3.63, 3.8) is 0 Å². The molecule has 0 atom stereocenters. The van der Waals surface area contributed by atoms with Crippen molar-refractivity contribution in [2.75, 3.05) is 25.0 Å². The number of ether oxygens (including phenoxy) is 1. The Bertz CT molecular complexity index is 1580. The second kappa shape index (κ2) is 10.9. The summed E-state index contributed by atoms with van der Waals surface area (Å²) in [5.74, 6) is -1.63. The predicted molar refractivity (Wildman–Crippen MR) is 134 cm³/mol. The molecule has 4 rings (SSSR count). The number of sulfone groups is 1. The fourth-order valence-corrected chi connectivity index (χ4v) is 7.48. The maximum absolute atomic E-state index is 12.7. The predicted octanol–water partition coefficient (Wildman–Crippen LogP) is 2.46. The number of carbonyl (C=O) groups excluding carboxylic acids is 2. The molecule has 16 heteroatoms. The zero-order valence-corrected chi connectivity index (χ0v) is 21.9. The van der Waals surface area contributed by atoms with Gasteiger partial charge in [-0.05, 0) is 49.2 Å². The Kier molecular flexibility index (Phi) is 7.86. The SMILES string of the molecule is O=C(COC(=O)c1ccc(S(=O)(=O)N2CCCC2)cc1)Nc1ncc(S(=O)(=O)c2ccc([N+](=O)[O-])cc2)s1. The standard InChI is InChI=1S/C22H20N4O9S3/c27-19(14-35-21(28)15-3-7-18(8-4-15)38(33,34)25-11-1-2-12-25)24-22-23-13-20(36-22)37(31,32)17-9-5-16(6-10-17)26(29)30/h3-10,13H,1-2,11-12,14H2,(H,23,24,27). The molecule has 0 spiro atoms. The molecule has 1 N–H and O–H groups in total. The van der Waals surface area contributed by atoms with Crippen LogP contribution in [0.1, 0.15) is 23.2 Å². The van der Waals surface area contributed by atoms with Gasteiger partial charge in [0, 0.05) is 25.2 Å². The lowest BCUT2D eigenvalue weighted by molar-refractivity contribution is -0.384. The fourth-order valence-electron chi connectivity index (χ4n) is 3.51. The first-order valence-electron chi connectivity index (χ1n) is 11.0. The second-order valence-electron chi connectivity index (χ2n) is 8.00. The van der Waals surface area contributed by atoms with Crippen molar-refractivity contribution in [2.45, 2.75) is 26.8 Å². The van der Waals surface area contributed by atoms with Gasteiger partial charge in [-0.1, -0.05) is 11.3 Å². The molecule has 200 valence electrons. The van der Waals surface area contributed by atoms with Gasteiger partial charge in [-0.2, -0.15) is 4.31 Å². The summed E-state index contributed by atoms with van der Waals surface area (Å²) < 4.78 is 56.7. The van der Waals surface area contributed by atoms with Crippen molar-refractivity contribution in [1.82, 2.24) is 9.29 Å². The number of amides is 1. The number of nitrogens with zero attached hydrogens (tertiary/aromatic N) is 3. The lowest BCUT2D eigenvalue weighted by Gasteiger charge is -2.15. The van der Waals surface area contributed by atoms with Gasteiger partial charge in [-0.3, -0.25) is 20.2 Å². The second-order valence-corrected chi connectivity index (χ2v) is 13.1. The van der Waals surface area contributed by atoms with Crippen LogP contribution >= 0.6 is 11.3 Å². The highest BCUT2D eigenvalue weighted by Gasteiger charge is 2.27. The van der Waals surface area contributed by atoms with E-state index in [-0.39, 0.29) is 30.4 Å². The fraction of sp³-hybridized carbons (Fsp3) is 0.227. The Hall–Kier alpha value is -3.73. The van der Waals surface area contributed by atoms with E-state index in [2.05, 4.69) is 10.3 Å². The van der Waals surface area contributed by atoms with Gasteiger partial charge in [0.15, 0.2) is 11.7 Å².